The highest BCUT2D eigenvalue weighted by atomic mass is 19.2. The van der Waals surface area contributed by atoms with Gasteiger partial charge in [-0.15, -0.1) is 0 Å². The maximum Gasteiger partial charge on any atom is 0.165 e. The Balaban J connectivity index is 3.11. The first kappa shape index (κ1) is 11.0. The first-order valence-corrected chi connectivity index (χ1v) is 4.41. The SMILES string of the molecule is CC(CCN)c1c(F)ccc(F)c1F. The third-order valence-corrected chi connectivity index (χ3v) is 2.17. The van der Waals surface area contributed by atoms with Gasteiger partial charge < -0.3 is 5.73 Å². The molecule has 1 aromatic carbocycles. The summed E-state index contributed by atoms with van der Waals surface area (Å²) in [4.78, 5) is 0. The molecule has 0 saturated heterocycles. The van der Waals surface area contributed by atoms with E-state index >= 15 is 0 Å². The monoisotopic (exact) mass is 203 g/mol. The lowest BCUT2D eigenvalue weighted by atomic mass is 9.96. The maximum absolute atomic E-state index is 13.2. The van der Waals surface area contributed by atoms with E-state index in [1.165, 1.54) is 0 Å². The van der Waals surface area contributed by atoms with E-state index in [0.29, 0.717) is 13.0 Å². The minimum atomic E-state index is -1.11. The van der Waals surface area contributed by atoms with Crippen molar-refractivity contribution < 1.29 is 13.2 Å². The molecule has 0 amide bonds. The molecule has 0 heterocycles. The zero-order valence-electron chi connectivity index (χ0n) is 7.86. The van der Waals surface area contributed by atoms with Crippen molar-refractivity contribution in [3.8, 4) is 0 Å². The summed E-state index contributed by atoms with van der Waals surface area (Å²) in [7, 11) is 0. The van der Waals surface area contributed by atoms with Crippen molar-refractivity contribution in [2.75, 3.05) is 6.54 Å². The van der Waals surface area contributed by atoms with Crippen molar-refractivity contribution in [3.05, 3.63) is 35.1 Å². The Morgan fingerprint density at radius 1 is 1.21 bits per heavy atom. The third kappa shape index (κ3) is 2.07. The average molecular weight is 203 g/mol. The molecule has 0 fully saturated rings. The predicted molar refractivity (Wildman–Crippen MR) is 48.4 cm³/mol. The Labute approximate surface area is 80.7 Å². The summed E-state index contributed by atoms with van der Waals surface area (Å²) in [5, 5.41) is 0. The van der Waals surface area contributed by atoms with Crippen LogP contribution in [-0.2, 0) is 0 Å². The van der Waals surface area contributed by atoms with Crippen molar-refractivity contribution in [2.45, 2.75) is 19.3 Å². The first-order valence-electron chi connectivity index (χ1n) is 4.41. The molecule has 14 heavy (non-hydrogen) atoms. The van der Waals surface area contributed by atoms with Crippen LogP contribution in [0.1, 0.15) is 24.8 Å². The molecule has 4 heteroatoms. The van der Waals surface area contributed by atoms with Gasteiger partial charge in [-0.25, -0.2) is 13.2 Å². The summed E-state index contributed by atoms with van der Waals surface area (Å²) >= 11 is 0. The maximum atomic E-state index is 13.2. The molecule has 0 radical (unpaired) electrons. The average Bonchev–Trinajstić information content (AvgIpc) is 2.13. The first-order chi connectivity index (χ1) is 6.57. The van der Waals surface area contributed by atoms with Crippen molar-refractivity contribution in [1.29, 1.82) is 0 Å². The van der Waals surface area contributed by atoms with Gasteiger partial charge in [-0.05, 0) is 31.0 Å². The van der Waals surface area contributed by atoms with E-state index in [1.807, 2.05) is 0 Å². The Kier molecular flexibility index (Phi) is 3.52. The highest BCUT2D eigenvalue weighted by molar-refractivity contribution is 5.24. The summed E-state index contributed by atoms with van der Waals surface area (Å²) in [6.07, 6.45) is 0.428. The molecule has 0 spiro atoms. The van der Waals surface area contributed by atoms with Gasteiger partial charge in [0.15, 0.2) is 11.6 Å². The predicted octanol–water partition coefficient (Wildman–Crippen LogP) is 2.56. The highest BCUT2D eigenvalue weighted by Crippen LogP contribution is 2.26. The molecule has 0 aliphatic rings. The molecule has 1 unspecified atom stereocenters. The fourth-order valence-electron chi connectivity index (χ4n) is 1.39. The number of benzene rings is 1. The Morgan fingerprint density at radius 2 is 1.79 bits per heavy atom. The van der Waals surface area contributed by atoms with Crippen LogP contribution >= 0.6 is 0 Å². The zero-order chi connectivity index (χ0) is 10.7. The molecule has 78 valence electrons. The minimum Gasteiger partial charge on any atom is -0.330 e. The molecule has 0 aliphatic heterocycles. The number of halogens is 3. The minimum absolute atomic E-state index is 0.213. The number of hydrogen-bond donors (Lipinski definition) is 1. The Morgan fingerprint density at radius 3 is 2.36 bits per heavy atom. The topological polar surface area (TPSA) is 26.0 Å². The number of rotatable bonds is 3. The summed E-state index contributed by atoms with van der Waals surface area (Å²) in [5.41, 5.74) is 5.05. The normalized spacial score (nSPS) is 12.9. The van der Waals surface area contributed by atoms with Gasteiger partial charge >= 0.3 is 0 Å². The van der Waals surface area contributed by atoms with Crippen LogP contribution in [-0.4, -0.2) is 6.54 Å². The van der Waals surface area contributed by atoms with Gasteiger partial charge in [0.05, 0.1) is 0 Å². The molecular weight excluding hydrogens is 191 g/mol. The lowest BCUT2D eigenvalue weighted by Gasteiger charge is -2.12. The molecule has 1 nitrogen and oxygen atoms in total. The largest absolute Gasteiger partial charge is 0.330 e. The van der Waals surface area contributed by atoms with Crippen LogP contribution in [0.4, 0.5) is 13.2 Å². The van der Waals surface area contributed by atoms with Crippen molar-refractivity contribution in [3.63, 3.8) is 0 Å². The molecule has 0 aromatic heterocycles. The van der Waals surface area contributed by atoms with Crippen molar-refractivity contribution in [2.24, 2.45) is 5.73 Å². The zero-order valence-corrected chi connectivity index (χ0v) is 7.86. The smallest absolute Gasteiger partial charge is 0.165 e. The van der Waals surface area contributed by atoms with Gasteiger partial charge in [-0.2, -0.15) is 0 Å². The lowest BCUT2D eigenvalue weighted by molar-refractivity contribution is 0.464. The molecule has 1 aromatic rings. The molecule has 0 bridgehead atoms. The highest BCUT2D eigenvalue weighted by Gasteiger charge is 2.18. The van der Waals surface area contributed by atoms with E-state index < -0.39 is 23.4 Å². The Hall–Kier alpha value is -1.03. The van der Waals surface area contributed by atoms with Crippen LogP contribution in [0.5, 0.6) is 0 Å². The van der Waals surface area contributed by atoms with Crippen molar-refractivity contribution >= 4 is 0 Å². The second-order valence-electron chi connectivity index (χ2n) is 3.24. The van der Waals surface area contributed by atoms with Gasteiger partial charge in [0.25, 0.3) is 0 Å². The number of nitrogens with two attached hydrogens (primary N) is 1. The van der Waals surface area contributed by atoms with Crippen LogP contribution in [0, 0.1) is 17.5 Å². The summed E-state index contributed by atoms with van der Waals surface area (Å²) in [5.74, 6) is -3.25. The summed E-state index contributed by atoms with van der Waals surface area (Å²) < 4.78 is 39.1. The van der Waals surface area contributed by atoms with Crippen molar-refractivity contribution in [1.82, 2.24) is 0 Å². The second-order valence-corrected chi connectivity index (χ2v) is 3.24. The second kappa shape index (κ2) is 4.46. The van der Waals surface area contributed by atoms with E-state index in [9.17, 15) is 13.2 Å². The third-order valence-electron chi connectivity index (χ3n) is 2.17. The van der Waals surface area contributed by atoms with Crippen LogP contribution in [0.15, 0.2) is 12.1 Å². The summed E-state index contributed by atoms with van der Waals surface area (Å²) in [6, 6.07) is 1.71. The molecule has 1 atom stereocenters. The van der Waals surface area contributed by atoms with Crippen LogP contribution < -0.4 is 5.73 Å². The van der Waals surface area contributed by atoms with E-state index in [-0.39, 0.29) is 5.56 Å². The molecule has 0 aliphatic carbocycles. The van der Waals surface area contributed by atoms with Crippen LogP contribution in [0.3, 0.4) is 0 Å². The molecule has 0 saturated carbocycles. The van der Waals surface area contributed by atoms with E-state index in [2.05, 4.69) is 0 Å². The van der Waals surface area contributed by atoms with Gasteiger partial charge in [0.1, 0.15) is 5.82 Å². The molecule has 2 N–H and O–H groups in total. The standard InChI is InChI=1S/C10H12F3N/c1-6(4-5-14)9-7(11)2-3-8(12)10(9)13/h2-3,6H,4-5,14H2,1H3. The van der Waals surface area contributed by atoms with Crippen LogP contribution in [0.25, 0.3) is 0 Å². The molecular formula is C10H12F3N. The van der Waals surface area contributed by atoms with E-state index in [0.717, 1.165) is 12.1 Å². The molecule has 1 rings (SSSR count). The number of hydrogen-bond acceptors (Lipinski definition) is 1. The van der Waals surface area contributed by atoms with Gasteiger partial charge in [0, 0.05) is 5.56 Å². The fourth-order valence-corrected chi connectivity index (χ4v) is 1.39. The summed E-state index contributed by atoms with van der Waals surface area (Å²) in [6.45, 7) is 1.93. The van der Waals surface area contributed by atoms with E-state index in [1.54, 1.807) is 6.92 Å². The van der Waals surface area contributed by atoms with Gasteiger partial charge in [-0.3, -0.25) is 0 Å². The lowest BCUT2D eigenvalue weighted by Crippen LogP contribution is -2.09. The van der Waals surface area contributed by atoms with Gasteiger partial charge in [-0.1, -0.05) is 6.92 Å². The van der Waals surface area contributed by atoms with Crippen LogP contribution in [0.2, 0.25) is 0 Å². The fraction of sp³-hybridized carbons (Fsp3) is 0.400. The quantitative estimate of drug-likeness (QED) is 0.750. The van der Waals surface area contributed by atoms with E-state index in [4.69, 9.17) is 5.73 Å². The Bertz CT molecular complexity index is 325. The van der Waals surface area contributed by atoms with Gasteiger partial charge in [0.2, 0.25) is 0 Å².